The molecule has 0 spiro atoms. The number of hydrogen-bond donors (Lipinski definition) is 2. The van der Waals surface area contributed by atoms with E-state index in [0.717, 1.165) is 0 Å². The lowest BCUT2D eigenvalue weighted by Gasteiger charge is -2.34. The van der Waals surface area contributed by atoms with Crippen molar-refractivity contribution in [2.24, 2.45) is 11.1 Å². The van der Waals surface area contributed by atoms with E-state index in [-0.39, 0.29) is 31.1 Å². The van der Waals surface area contributed by atoms with Gasteiger partial charge in [-0.2, -0.15) is 4.98 Å². The highest BCUT2D eigenvalue weighted by molar-refractivity contribution is 5.81. The molecule has 1 aliphatic heterocycles. The summed E-state index contributed by atoms with van der Waals surface area (Å²) in [5.41, 5.74) is 6.84. The van der Waals surface area contributed by atoms with Crippen molar-refractivity contribution in [3.63, 3.8) is 0 Å². The number of amides is 1. The van der Waals surface area contributed by atoms with Gasteiger partial charge < -0.3 is 24.9 Å². The van der Waals surface area contributed by atoms with Crippen LogP contribution in [-0.4, -0.2) is 45.2 Å². The Morgan fingerprint density at radius 2 is 1.91 bits per heavy atom. The molecule has 0 unspecified atom stereocenters. The molecule has 10 heteroatoms. The molecule has 1 amide bonds. The van der Waals surface area contributed by atoms with Gasteiger partial charge in [0.2, 0.25) is 12.2 Å². The largest absolute Gasteiger partial charge is 0.461 e. The number of carbonyl (C=O) groups is 1. The summed E-state index contributed by atoms with van der Waals surface area (Å²) < 4.78 is 30.6. The van der Waals surface area contributed by atoms with Crippen molar-refractivity contribution >= 4 is 5.91 Å². The summed E-state index contributed by atoms with van der Waals surface area (Å²) in [5.74, 6) is -0.470. The van der Waals surface area contributed by atoms with E-state index in [4.69, 9.17) is 19.9 Å². The number of rotatable bonds is 6. The highest BCUT2D eigenvalue weighted by Gasteiger charge is 2.39. The molecule has 1 aromatic carbocycles. The maximum atomic E-state index is 13.5. The van der Waals surface area contributed by atoms with Crippen LogP contribution in [0, 0.1) is 11.2 Å². The molecule has 1 fully saturated rings. The second-order valence-electron chi connectivity index (χ2n) is 8.12. The fourth-order valence-electron chi connectivity index (χ4n) is 3.16. The minimum Gasteiger partial charge on any atom is -0.461 e. The first-order chi connectivity index (χ1) is 15.2. The Hall–Kier alpha value is -3.37. The second kappa shape index (κ2) is 8.64. The number of ether oxygens (including phenoxy) is 3. The number of carbonyl (C=O) groups excluding carboxylic acids is 1. The lowest BCUT2D eigenvalue weighted by molar-refractivity contribution is -0.230. The molecule has 3 aromatic rings. The quantitative estimate of drug-likeness (QED) is 0.602. The highest BCUT2D eigenvalue weighted by Crippen LogP contribution is 2.35. The Balaban J connectivity index is 1.72. The van der Waals surface area contributed by atoms with Gasteiger partial charge in [0.1, 0.15) is 5.82 Å². The maximum Gasteiger partial charge on any atom is 0.317 e. The predicted octanol–water partition coefficient (Wildman–Crippen LogP) is 3.00. The molecule has 1 saturated heterocycles. The van der Waals surface area contributed by atoms with Crippen molar-refractivity contribution in [2.75, 3.05) is 13.2 Å². The number of nitrogens with one attached hydrogen (secondary N) is 1. The smallest absolute Gasteiger partial charge is 0.317 e. The van der Waals surface area contributed by atoms with Crippen LogP contribution in [-0.2, 0) is 14.3 Å². The average molecular weight is 441 g/mol. The standard InChI is InChI=1S/C22H24FN5O4/c1-12(2)32-21-25-9-8-15(26-21)17-16(13-4-6-14(23)7-5-13)27-18(28-17)19-30-10-22(3,11-31-19)20(24)29/h4-9,12,19H,10-11H2,1-3H3,(H2,24,29)(H,27,28). The van der Waals surface area contributed by atoms with Crippen LogP contribution in [0.1, 0.15) is 32.9 Å². The van der Waals surface area contributed by atoms with E-state index in [1.165, 1.54) is 12.1 Å². The first-order valence-corrected chi connectivity index (χ1v) is 10.1. The molecule has 0 aliphatic carbocycles. The van der Waals surface area contributed by atoms with E-state index < -0.39 is 17.6 Å². The number of benzene rings is 1. The van der Waals surface area contributed by atoms with Gasteiger partial charge in [0.05, 0.1) is 41.8 Å². The van der Waals surface area contributed by atoms with Gasteiger partial charge in [0.25, 0.3) is 0 Å². The molecule has 0 saturated carbocycles. The van der Waals surface area contributed by atoms with E-state index in [9.17, 15) is 9.18 Å². The molecule has 2 aromatic heterocycles. The van der Waals surface area contributed by atoms with Gasteiger partial charge in [-0.05, 0) is 51.1 Å². The van der Waals surface area contributed by atoms with Crippen LogP contribution in [0.15, 0.2) is 36.5 Å². The number of hydrogen-bond acceptors (Lipinski definition) is 7. The molecule has 4 rings (SSSR count). The molecule has 3 heterocycles. The molecule has 1 aliphatic rings. The fourth-order valence-corrected chi connectivity index (χ4v) is 3.16. The lowest BCUT2D eigenvalue weighted by atomic mass is 9.91. The number of H-pyrrole nitrogens is 1. The molecular weight excluding hydrogens is 417 g/mol. The number of aromatic amines is 1. The van der Waals surface area contributed by atoms with Gasteiger partial charge in [-0.15, -0.1) is 0 Å². The minimum atomic E-state index is -0.915. The summed E-state index contributed by atoms with van der Waals surface area (Å²) in [7, 11) is 0. The Labute approximate surface area is 184 Å². The zero-order chi connectivity index (χ0) is 22.9. The van der Waals surface area contributed by atoms with Crippen LogP contribution >= 0.6 is 0 Å². The first kappa shape index (κ1) is 21.8. The Morgan fingerprint density at radius 1 is 1.22 bits per heavy atom. The van der Waals surface area contributed by atoms with Crippen LogP contribution < -0.4 is 10.5 Å². The van der Waals surface area contributed by atoms with Gasteiger partial charge in [0, 0.05) is 11.8 Å². The number of nitrogens with zero attached hydrogens (tertiary/aromatic N) is 3. The first-order valence-electron chi connectivity index (χ1n) is 10.1. The third-order valence-electron chi connectivity index (χ3n) is 5.00. The summed E-state index contributed by atoms with van der Waals surface area (Å²) in [4.78, 5) is 28.1. The van der Waals surface area contributed by atoms with E-state index in [1.54, 1.807) is 31.3 Å². The van der Waals surface area contributed by atoms with E-state index in [2.05, 4.69) is 19.9 Å². The SMILES string of the molecule is CC(C)Oc1nccc(-c2[nH]c(C3OCC(C)(C(N)=O)CO3)nc2-c2ccc(F)cc2)n1. The van der Waals surface area contributed by atoms with Crippen LogP contribution in [0.25, 0.3) is 22.6 Å². The molecule has 32 heavy (non-hydrogen) atoms. The van der Waals surface area contributed by atoms with Gasteiger partial charge in [0.15, 0.2) is 5.82 Å². The maximum absolute atomic E-state index is 13.5. The van der Waals surface area contributed by atoms with Gasteiger partial charge in [-0.3, -0.25) is 4.79 Å². The van der Waals surface area contributed by atoms with Crippen molar-refractivity contribution in [2.45, 2.75) is 33.2 Å². The number of aromatic nitrogens is 4. The number of nitrogens with two attached hydrogens (primary N) is 1. The van der Waals surface area contributed by atoms with E-state index in [1.807, 2.05) is 13.8 Å². The van der Waals surface area contributed by atoms with Crippen molar-refractivity contribution in [1.29, 1.82) is 0 Å². The van der Waals surface area contributed by atoms with Crippen LogP contribution in [0.3, 0.4) is 0 Å². The fraction of sp³-hybridized carbons (Fsp3) is 0.364. The van der Waals surface area contributed by atoms with Crippen LogP contribution in [0.4, 0.5) is 4.39 Å². The van der Waals surface area contributed by atoms with Crippen LogP contribution in [0.2, 0.25) is 0 Å². The van der Waals surface area contributed by atoms with E-state index in [0.29, 0.717) is 28.5 Å². The topological polar surface area (TPSA) is 125 Å². The third kappa shape index (κ3) is 4.46. The summed E-state index contributed by atoms with van der Waals surface area (Å²) in [6.45, 7) is 5.63. The highest BCUT2D eigenvalue weighted by atomic mass is 19.1. The third-order valence-corrected chi connectivity index (χ3v) is 5.00. The molecular formula is C22H24FN5O4. The normalized spacial score (nSPS) is 21.0. The van der Waals surface area contributed by atoms with Crippen molar-refractivity contribution in [1.82, 2.24) is 19.9 Å². The average Bonchev–Trinajstić information content (AvgIpc) is 3.20. The molecule has 3 N–H and O–H groups in total. The van der Waals surface area contributed by atoms with Crippen molar-refractivity contribution in [3.05, 3.63) is 48.2 Å². The predicted molar refractivity (Wildman–Crippen MR) is 113 cm³/mol. The minimum absolute atomic E-state index is 0.0921. The summed E-state index contributed by atoms with van der Waals surface area (Å²) >= 11 is 0. The van der Waals surface area contributed by atoms with Crippen LogP contribution in [0.5, 0.6) is 6.01 Å². The lowest BCUT2D eigenvalue weighted by Crippen LogP contribution is -2.46. The summed E-state index contributed by atoms with van der Waals surface area (Å²) in [6, 6.07) is 7.89. The van der Waals surface area contributed by atoms with Gasteiger partial charge >= 0.3 is 6.01 Å². The number of primary amides is 1. The molecule has 0 atom stereocenters. The number of halogens is 1. The Morgan fingerprint density at radius 3 is 2.53 bits per heavy atom. The molecule has 9 nitrogen and oxygen atoms in total. The van der Waals surface area contributed by atoms with Crippen molar-refractivity contribution < 1.29 is 23.4 Å². The monoisotopic (exact) mass is 441 g/mol. The van der Waals surface area contributed by atoms with Gasteiger partial charge in [-0.25, -0.2) is 14.4 Å². The van der Waals surface area contributed by atoms with E-state index >= 15 is 0 Å². The summed E-state index contributed by atoms with van der Waals surface area (Å²) in [5, 5.41) is 0. The Kier molecular flexibility index (Phi) is 5.90. The summed E-state index contributed by atoms with van der Waals surface area (Å²) in [6.07, 6.45) is 0.660. The molecule has 0 bridgehead atoms. The van der Waals surface area contributed by atoms with Gasteiger partial charge in [-0.1, -0.05) is 0 Å². The molecule has 0 radical (unpaired) electrons. The Bertz CT molecular complexity index is 1110. The molecule has 168 valence electrons. The number of imidazole rings is 1. The zero-order valence-corrected chi connectivity index (χ0v) is 18.0. The zero-order valence-electron chi connectivity index (χ0n) is 18.0. The van der Waals surface area contributed by atoms with Crippen molar-refractivity contribution in [3.8, 4) is 28.7 Å². The second-order valence-corrected chi connectivity index (χ2v) is 8.12.